The van der Waals surface area contributed by atoms with E-state index < -0.39 is 5.92 Å². The molecule has 4 heteroatoms. The number of carbonyl (C=O) groups excluding carboxylic acids is 1. The maximum absolute atomic E-state index is 13.8. The van der Waals surface area contributed by atoms with Gasteiger partial charge in [-0.3, -0.25) is 4.79 Å². The summed E-state index contributed by atoms with van der Waals surface area (Å²) in [6.07, 6.45) is 0. The molecule has 2 N–H and O–H groups in total. The highest BCUT2D eigenvalue weighted by Gasteiger charge is 2.32. The topological polar surface area (TPSA) is 57.5 Å². The van der Waals surface area contributed by atoms with E-state index in [1.807, 2.05) is 65.8 Å². The third-order valence-corrected chi connectivity index (χ3v) is 5.97. The summed E-state index contributed by atoms with van der Waals surface area (Å²) in [5.74, 6) is -0.667. The molecule has 0 heterocycles. The molecule has 0 aliphatic heterocycles. The van der Waals surface area contributed by atoms with Crippen LogP contribution in [-0.2, 0) is 10.8 Å². The smallest absolute Gasteiger partial charge is 0.178 e. The van der Waals surface area contributed by atoms with Crippen LogP contribution < -0.4 is 0 Å². The number of Topliss-reactive ketones (excluding diaryl/α,β-unsaturated/α-hetero) is 1. The summed E-state index contributed by atoms with van der Waals surface area (Å²) >= 11 is 6.12. The summed E-state index contributed by atoms with van der Waals surface area (Å²) in [4.78, 5) is 13.8. The number of para-hydroxylation sites is 1. The number of rotatable bonds is 4. The van der Waals surface area contributed by atoms with Gasteiger partial charge in [0, 0.05) is 5.02 Å². The predicted molar refractivity (Wildman–Crippen MR) is 131 cm³/mol. The van der Waals surface area contributed by atoms with Gasteiger partial charge in [0.25, 0.3) is 0 Å². The second kappa shape index (κ2) is 8.63. The van der Waals surface area contributed by atoms with Gasteiger partial charge < -0.3 is 10.2 Å². The zero-order valence-electron chi connectivity index (χ0n) is 19.5. The van der Waals surface area contributed by atoms with Gasteiger partial charge in [0.1, 0.15) is 11.5 Å². The van der Waals surface area contributed by atoms with Crippen LogP contribution in [0.4, 0.5) is 0 Å². The molecule has 3 aromatic carbocycles. The van der Waals surface area contributed by atoms with E-state index in [-0.39, 0.29) is 33.7 Å². The van der Waals surface area contributed by atoms with Crippen molar-refractivity contribution in [1.82, 2.24) is 0 Å². The molecule has 1 atom stereocenters. The molecule has 0 saturated heterocycles. The molecule has 0 aliphatic rings. The lowest BCUT2D eigenvalue weighted by atomic mass is 9.75. The minimum absolute atomic E-state index is 0.0534. The summed E-state index contributed by atoms with van der Waals surface area (Å²) in [7, 11) is 0. The first kappa shape index (κ1) is 23.9. The minimum atomic E-state index is -0.664. The van der Waals surface area contributed by atoms with E-state index in [0.717, 1.165) is 22.3 Å². The molecule has 0 bridgehead atoms. The van der Waals surface area contributed by atoms with Gasteiger partial charge in [-0.2, -0.15) is 0 Å². The number of ketones is 1. The van der Waals surface area contributed by atoms with Gasteiger partial charge in [0.15, 0.2) is 5.78 Å². The van der Waals surface area contributed by atoms with Crippen LogP contribution in [0.2, 0.25) is 5.02 Å². The van der Waals surface area contributed by atoms with Gasteiger partial charge >= 0.3 is 0 Å². The summed E-state index contributed by atoms with van der Waals surface area (Å²) < 4.78 is 0. The first-order valence-corrected chi connectivity index (χ1v) is 11.1. The lowest BCUT2D eigenvalue weighted by Crippen LogP contribution is -2.21. The zero-order valence-corrected chi connectivity index (χ0v) is 20.3. The van der Waals surface area contributed by atoms with Gasteiger partial charge in [-0.25, -0.2) is 0 Å². The number of benzene rings is 3. The number of hydrogen-bond donors (Lipinski definition) is 2. The van der Waals surface area contributed by atoms with Crippen molar-refractivity contribution in [3.05, 3.63) is 93.5 Å². The Balaban J connectivity index is 2.33. The van der Waals surface area contributed by atoms with Crippen molar-refractivity contribution in [3.8, 4) is 11.5 Å². The van der Waals surface area contributed by atoms with Crippen molar-refractivity contribution in [2.75, 3.05) is 0 Å². The molecular formula is C28H31ClO3. The number of aromatic hydroxyl groups is 2. The zero-order chi connectivity index (χ0) is 23.8. The molecule has 0 saturated carbocycles. The van der Waals surface area contributed by atoms with Crippen LogP contribution in [0.15, 0.2) is 60.7 Å². The van der Waals surface area contributed by atoms with Gasteiger partial charge in [-0.05, 0) is 57.3 Å². The van der Waals surface area contributed by atoms with E-state index >= 15 is 0 Å². The number of carbonyl (C=O) groups is 1. The Bertz CT molecular complexity index is 1100. The molecular weight excluding hydrogens is 420 g/mol. The monoisotopic (exact) mass is 450 g/mol. The van der Waals surface area contributed by atoms with Crippen LogP contribution >= 0.6 is 11.6 Å². The van der Waals surface area contributed by atoms with Crippen LogP contribution in [0, 0.1) is 0 Å². The molecule has 168 valence electrons. The average molecular weight is 451 g/mol. The van der Waals surface area contributed by atoms with E-state index in [1.165, 1.54) is 6.07 Å². The van der Waals surface area contributed by atoms with E-state index in [1.54, 1.807) is 30.3 Å². The van der Waals surface area contributed by atoms with Crippen molar-refractivity contribution in [2.24, 2.45) is 0 Å². The number of hydrogen-bond acceptors (Lipinski definition) is 3. The molecule has 1 unspecified atom stereocenters. The number of phenols is 2. The minimum Gasteiger partial charge on any atom is -0.507 e. The van der Waals surface area contributed by atoms with Crippen LogP contribution in [0.5, 0.6) is 11.5 Å². The lowest BCUT2D eigenvalue weighted by Gasteiger charge is -2.30. The molecule has 0 aromatic heterocycles. The van der Waals surface area contributed by atoms with Crippen LogP contribution in [0.25, 0.3) is 0 Å². The Morgan fingerprint density at radius 2 is 1.28 bits per heavy atom. The molecule has 0 fully saturated rings. The summed E-state index contributed by atoms with van der Waals surface area (Å²) in [5, 5.41) is 22.1. The first-order chi connectivity index (χ1) is 14.8. The van der Waals surface area contributed by atoms with Crippen LogP contribution in [0.1, 0.15) is 80.1 Å². The molecule has 32 heavy (non-hydrogen) atoms. The third kappa shape index (κ3) is 4.83. The van der Waals surface area contributed by atoms with Crippen molar-refractivity contribution >= 4 is 17.4 Å². The van der Waals surface area contributed by atoms with Gasteiger partial charge in [0.2, 0.25) is 0 Å². The first-order valence-electron chi connectivity index (χ1n) is 10.8. The van der Waals surface area contributed by atoms with Gasteiger partial charge in [-0.15, -0.1) is 0 Å². The van der Waals surface area contributed by atoms with Crippen molar-refractivity contribution in [2.45, 2.75) is 58.3 Å². The third-order valence-electron chi connectivity index (χ3n) is 5.72. The second-order valence-corrected chi connectivity index (χ2v) is 10.8. The molecule has 0 amide bonds. The Kier molecular flexibility index (Phi) is 6.44. The fourth-order valence-electron chi connectivity index (χ4n) is 3.95. The highest BCUT2D eigenvalue weighted by molar-refractivity contribution is 6.30. The second-order valence-electron chi connectivity index (χ2n) is 10.3. The average Bonchev–Trinajstić information content (AvgIpc) is 2.69. The maximum Gasteiger partial charge on any atom is 0.178 e. The normalized spacial score (nSPS) is 13.1. The maximum atomic E-state index is 13.8. The largest absolute Gasteiger partial charge is 0.507 e. The standard InChI is InChI=1S/C28H31ClO3/c1-27(2,3)21-15-18(16-22(26(21)32)28(4,5)6)24(17-11-13-19(29)14-12-17)25(31)20-9-7-8-10-23(20)30/h7-16,24,30,32H,1-6H3. The lowest BCUT2D eigenvalue weighted by molar-refractivity contribution is 0.0971. The van der Waals surface area contributed by atoms with E-state index in [9.17, 15) is 15.0 Å². The molecule has 0 aliphatic carbocycles. The molecule has 0 radical (unpaired) electrons. The fourth-order valence-corrected chi connectivity index (χ4v) is 4.08. The molecule has 0 spiro atoms. The quantitative estimate of drug-likeness (QED) is 0.408. The molecule has 3 rings (SSSR count). The van der Waals surface area contributed by atoms with E-state index in [0.29, 0.717) is 5.02 Å². The fraction of sp³-hybridized carbons (Fsp3) is 0.321. The number of halogens is 1. The van der Waals surface area contributed by atoms with Crippen molar-refractivity contribution in [1.29, 1.82) is 0 Å². The Labute approximate surface area is 195 Å². The van der Waals surface area contributed by atoms with Crippen molar-refractivity contribution in [3.63, 3.8) is 0 Å². The van der Waals surface area contributed by atoms with Crippen molar-refractivity contribution < 1.29 is 15.0 Å². The van der Waals surface area contributed by atoms with Crippen LogP contribution in [0.3, 0.4) is 0 Å². The van der Waals surface area contributed by atoms with Gasteiger partial charge in [-0.1, -0.05) is 89.5 Å². The Morgan fingerprint density at radius 3 is 1.75 bits per heavy atom. The SMILES string of the molecule is CC(C)(C)c1cc(C(C(=O)c2ccccc2O)c2ccc(Cl)cc2)cc(C(C)(C)C)c1O. The summed E-state index contributed by atoms with van der Waals surface area (Å²) in [5.41, 5.74) is 2.70. The Morgan fingerprint density at radius 1 is 0.781 bits per heavy atom. The van der Waals surface area contributed by atoms with E-state index in [2.05, 4.69) is 0 Å². The molecule has 3 nitrogen and oxygen atoms in total. The predicted octanol–water partition coefficient (Wildman–Crippen LogP) is 7.36. The Hall–Kier alpha value is -2.78. The summed E-state index contributed by atoms with van der Waals surface area (Å²) in [6.45, 7) is 12.3. The summed E-state index contributed by atoms with van der Waals surface area (Å²) in [6, 6.07) is 17.6. The molecule has 3 aromatic rings. The van der Waals surface area contributed by atoms with Crippen LogP contribution in [-0.4, -0.2) is 16.0 Å². The van der Waals surface area contributed by atoms with Gasteiger partial charge in [0.05, 0.1) is 11.5 Å². The van der Waals surface area contributed by atoms with E-state index in [4.69, 9.17) is 11.6 Å². The highest BCUT2D eigenvalue weighted by atomic mass is 35.5. The number of phenolic OH excluding ortho intramolecular Hbond substituents is 2. The highest BCUT2D eigenvalue weighted by Crippen LogP contribution is 2.43.